The molecule has 0 radical (unpaired) electrons. The number of fused-ring (bicyclic) bond motifs is 1. The van der Waals surface area contributed by atoms with Gasteiger partial charge >= 0.3 is 6.03 Å². The molecule has 3 heterocycles. The highest BCUT2D eigenvalue weighted by Crippen LogP contribution is 2.24. The highest BCUT2D eigenvalue weighted by molar-refractivity contribution is 5.89. The molecule has 1 unspecified atom stereocenters. The maximum atomic E-state index is 12.5. The minimum absolute atomic E-state index is 0.000432. The van der Waals surface area contributed by atoms with Crippen molar-refractivity contribution >= 4 is 17.6 Å². The predicted octanol–water partition coefficient (Wildman–Crippen LogP) is 2.17. The Morgan fingerprint density at radius 3 is 2.47 bits per heavy atom. The summed E-state index contributed by atoms with van der Waals surface area (Å²) >= 11 is 0. The number of aromatic nitrogens is 1. The first-order chi connectivity index (χ1) is 14.4. The summed E-state index contributed by atoms with van der Waals surface area (Å²) in [6.45, 7) is 4.26. The van der Waals surface area contributed by atoms with Gasteiger partial charge in [-0.25, -0.2) is 4.79 Å². The molecule has 30 heavy (non-hydrogen) atoms. The highest BCUT2D eigenvalue weighted by atomic mass is 16.5. The molecule has 3 amide bonds. The lowest BCUT2D eigenvalue weighted by atomic mass is 10.1. The standard InChI is InChI=1S/C22H27N5O3/c1-15(25(2)3)21(28)26-13-20(14-26)30-19-6-4-18(5-7-19)24-22(29)27-11-16-8-9-23-10-17(16)12-27/h4-10,15,20H,11-14H2,1-3H3,(H,24,29). The van der Waals surface area contributed by atoms with Gasteiger partial charge in [-0.15, -0.1) is 0 Å². The van der Waals surface area contributed by atoms with E-state index >= 15 is 0 Å². The fraction of sp³-hybridized carbons (Fsp3) is 0.409. The van der Waals surface area contributed by atoms with Crippen LogP contribution in [0.1, 0.15) is 18.1 Å². The van der Waals surface area contributed by atoms with Crippen molar-refractivity contribution < 1.29 is 14.3 Å². The topological polar surface area (TPSA) is 78.0 Å². The number of rotatable bonds is 5. The largest absolute Gasteiger partial charge is 0.487 e. The number of hydrogen-bond acceptors (Lipinski definition) is 5. The number of hydrogen-bond donors (Lipinski definition) is 1. The normalized spacial score (nSPS) is 16.8. The van der Waals surface area contributed by atoms with Crippen molar-refractivity contribution in [1.29, 1.82) is 0 Å². The van der Waals surface area contributed by atoms with Gasteiger partial charge in [-0.05, 0) is 62.5 Å². The van der Waals surface area contributed by atoms with Gasteiger partial charge in [0, 0.05) is 31.2 Å². The number of amides is 3. The van der Waals surface area contributed by atoms with Crippen molar-refractivity contribution in [3.05, 3.63) is 53.9 Å². The second-order valence-electron chi connectivity index (χ2n) is 8.08. The Kier molecular flexibility index (Phi) is 5.59. The summed E-state index contributed by atoms with van der Waals surface area (Å²) in [5.74, 6) is 0.850. The molecule has 1 atom stereocenters. The van der Waals surface area contributed by atoms with Gasteiger partial charge < -0.3 is 19.9 Å². The van der Waals surface area contributed by atoms with Gasteiger partial charge in [0.1, 0.15) is 11.9 Å². The number of carbonyl (C=O) groups is 2. The van der Waals surface area contributed by atoms with Crippen LogP contribution in [-0.4, -0.2) is 71.0 Å². The molecular formula is C22H27N5O3. The molecule has 2 aromatic rings. The summed E-state index contributed by atoms with van der Waals surface area (Å²) in [5, 5.41) is 2.93. The van der Waals surface area contributed by atoms with Crippen molar-refractivity contribution in [2.75, 3.05) is 32.5 Å². The third-order valence-corrected chi connectivity index (χ3v) is 5.71. The quantitative estimate of drug-likeness (QED) is 0.819. The van der Waals surface area contributed by atoms with E-state index in [2.05, 4.69) is 10.3 Å². The Morgan fingerprint density at radius 1 is 1.10 bits per heavy atom. The van der Waals surface area contributed by atoms with Crippen LogP contribution in [0.4, 0.5) is 10.5 Å². The van der Waals surface area contributed by atoms with Crippen LogP contribution in [0.5, 0.6) is 5.75 Å². The first-order valence-corrected chi connectivity index (χ1v) is 10.1. The second kappa shape index (κ2) is 8.31. The van der Waals surface area contributed by atoms with E-state index in [4.69, 9.17) is 4.74 Å². The molecule has 0 aliphatic carbocycles. The number of likely N-dealkylation sites (tertiary alicyclic amines) is 1. The Labute approximate surface area is 176 Å². The number of pyridine rings is 1. The summed E-state index contributed by atoms with van der Waals surface area (Å²) in [5.41, 5.74) is 2.94. The molecule has 1 aromatic carbocycles. The van der Waals surface area contributed by atoms with E-state index in [1.165, 1.54) is 0 Å². The average Bonchev–Trinajstić information content (AvgIpc) is 3.15. The molecule has 4 rings (SSSR count). The van der Waals surface area contributed by atoms with Gasteiger partial charge in [0.05, 0.1) is 19.1 Å². The van der Waals surface area contributed by atoms with Crippen molar-refractivity contribution in [1.82, 2.24) is 19.7 Å². The Morgan fingerprint density at radius 2 is 1.80 bits per heavy atom. The van der Waals surface area contributed by atoms with Crippen LogP contribution in [-0.2, 0) is 17.9 Å². The number of benzene rings is 1. The first kappa shape index (κ1) is 20.2. The number of nitrogens with zero attached hydrogens (tertiary/aromatic N) is 4. The molecule has 0 bridgehead atoms. The molecule has 8 heteroatoms. The number of urea groups is 1. The van der Waals surface area contributed by atoms with Crippen molar-refractivity contribution in [3.8, 4) is 5.75 Å². The van der Waals surface area contributed by atoms with Crippen LogP contribution < -0.4 is 10.1 Å². The molecule has 2 aliphatic rings. The molecule has 0 saturated carbocycles. The molecule has 1 saturated heterocycles. The van der Waals surface area contributed by atoms with Crippen molar-refractivity contribution in [2.45, 2.75) is 32.2 Å². The van der Waals surface area contributed by atoms with Gasteiger partial charge in [0.15, 0.2) is 0 Å². The van der Waals surface area contributed by atoms with E-state index < -0.39 is 0 Å². The lowest BCUT2D eigenvalue weighted by molar-refractivity contribution is -0.144. The summed E-state index contributed by atoms with van der Waals surface area (Å²) in [4.78, 5) is 34.4. The van der Waals surface area contributed by atoms with E-state index in [1.807, 2.05) is 67.3 Å². The van der Waals surface area contributed by atoms with Crippen molar-refractivity contribution in [2.24, 2.45) is 0 Å². The summed E-state index contributed by atoms with van der Waals surface area (Å²) in [6, 6.07) is 9.01. The number of ether oxygens (including phenoxy) is 1. The summed E-state index contributed by atoms with van der Waals surface area (Å²) in [7, 11) is 3.80. The molecule has 1 aromatic heterocycles. The van der Waals surface area contributed by atoms with E-state index in [0.29, 0.717) is 31.9 Å². The van der Waals surface area contributed by atoms with E-state index in [-0.39, 0.29) is 24.1 Å². The van der Waals surface area contributed by atoms with Crippen LogP contribution in [0.15, 0.2) is 42.7 Å². The Bertz CT molecular complexity index is 900. The van der Waals surface area contributed by atoms with Crippen LogP contribution in [0, 0.1) is 0 Å². The predicted molar refractivity (Wildman–Crippen MR) is 113 cm³/mol. The van der Waals surface area contributed by atoms with E-state index in [1.54, 1.807) is 11.1 Å². The van der Waals surface area contributed by atoms with Gasteiger partial charge in [-0.2, -0.15) is 0 Å². The SMILES string of the molecule is CC(C(=O)N1CC(Oc2ccc(NC(=O)N3Cc4ccncc4C3)cc2)C1)N(C)C. The zero-order chi connectivity index (χ0) is 21.3. The van der Waals surface area contributed by atoms with Crippen LogP contribution in [0.25, 0.3) is 0 Å². The number of likely N-dealkylation sites (N-methyl/N-ethyl adjacent to an activating group) is 1. The van der Waals surface area contributed by atoms with Gasteiger partial charge in [-0.3, -0.25) is 14.7 Å². The molecule has 8 nitrogen and oxygen atoms in total. The smallest absolute Gasteiger partial charge is 0.322 e. The number of carbonyl (C=O) groups excluding carboxylic acids is 2. The lowest BCUT2D eigenvalue weighted by Gasteiger charge is -2.41. The van der Waals surface area contributed by atoms with Gasteiger partial charge in [0.2, 0.25) is 5.91 Å². The zero-order valence-electron chi connectivity index (χ0n) is 17.5. The molecule has 1 N–H and O–H groups in total. The monoisotopic (exact) mass is 409 g/mol. The fourth-order valence-corrected chi connectivity index (χ4v) is 3.55. The minimum atomic E-state index is -0.136. The first-order valence-electron chi connectivity index (χ1n) is 10.1. The molecule has 158 valence electrons. The Balaban J connectivity index is 1.24. The number of nitrogens with one attached hydrogen (secondary N) is 1. The summed E-state index contributed by atoms with van der Waals surface area (Å²) < 4.78 is 5.94. The van der Waals surface area contributed by atoms with Crippen LogP contribution in [0.3, 0.4) is 0 Å². The maximum absolute atomic E-state index is 12.5. The highest BCUT2D eigenvalue weighted by Gasteiger charge is 2.35. The fourth-order valence-electron chi connectivity index (χ4n) is 3.55. The lowest BCUT2D eigenvalue weighted by Crippen LogP contribution is -2.59. The summed E-state index contributed by atoms with van der Waals surface area (Å²) in [6.07, 6.45) is 3.56. The van der Waals surface area contributed by atoms with Gasteiger partial charge in [-0.1, -0.05) is 0 Å². The minimum Gasteiger partial charge on any atom is -0.487 e. The maximum Gasteiger partial charge on any atom is 0.322 e. The average molecular weight is 409 g/mol. The van der Waals surface area contributed by atoms with Gasteiger partial charge in [0.25, 0.3) is 0 Å². The van der Waals surface area contributed by atoms with Crippen LogP contribution in [0.2, 0.25) is 0 Å². The molecule has 1 fully saturated rings. The molecule has 0 spiro atoms. The third kappa shape index (κ3) is 4.23. The third-order valence-electron chi connectivity index (χ3n) is 5.71. The Hall–Kier alpha value is -3.13. The van der Waals surface area contributed by atoms with E-state index in [0.717, 1.165) is 16.9 Å². The molecular weight excluding hydrogens is 382 g/mol. The second-order valence-corrected chi connectivity index (χ2v) is 8.08. The zero-order valence-corrected chi connectivity index (χ0v) is 17.5. The van der Waals surface area contributed by atoms with Crippen molar-refractivity contribution in [3.63, 3.8) is 0 Å². The molecule has 2 aliphatic heterocycles. The van der Waals surface area contributed by atoms with Crippen LogP contribution >= 0.6 is 0 Å². The number of anilines is 1. The van der Waals surface area contributed by atoms with E-state index in [9.17, 15) is 9.59 Å².